The maximum absolute atomic E-state index is 12.8. The van der Waals surface area contributed by atoms with Gasteiger partial charge in [0.1, 0.15) is 0 Å². The largest absolute Gasteiger partial charge is 0.466 e. The standard InChI is InChI=1S/C18H21BrN2O4/c1-2-25-18(24)12-7-9-20(10-8-12)15-11-16(22)21(17(15)23)14-5-3-13(19)4-6-14/h3-6,12,15H,2,7-11H2,1H3/t15-/m1/s1. The number of halogens is 1. The maximum Gasteiger partial charge on any atom is 0.309 e. The summed E-state index contributed by atoms with van der Waals surface area (Å²) in [6.45, 7) is 3.44. The molecule has 1 atom stereocenters. The zero-order chi connectivity index (χ0) is 18.0. The van der Waals surface area contributed by atoms with Gasteiger partial charge >= 0.3 is 5.97 Å². The third kappa shape index (κ3) is 3.77. The molecule has 0 aliphatic carbocycles. The lowest BCUT2D eigenvalue weighted by Crippen LogP contribution is -2.47. The van der Waals surface area contributed by atoms with E-state index in [1.807, 2.05) is 17.0 Å². The van der Waals surface area contributed by atoms with Crippen LogP contribution in [0.2, 0.25) is 0 Å². The third-order valence-electron chi connectivity index (χ3n) is 4.80. The van der Waals surface area contributed by atoms with Crippen LogP contribution in [0.4, 0.5) is 5.69 Å². The smallest absolute Gasteiger partial charge is 0.309 e. The summed E-state index contributed by atoms with van der Waals surface area (Å²) in [6.07, 6.45) is 1.52. The van der Waals surface area contributed by atoms with Crippen LogP contribution >= 0.6 is 15.9 Å². The summed E-state index contributed by atoms with van der Waals surface area (Å²) in [5.74, 6) is -0.620. The monoisotopic (exact) mass is 408 g/mol. The van der Waals surface area contributed by atoms with Gasteiger partial charge in [0.15, 0.2) is 0 Å². The number of imide groups is 1. The second-order valence-electron chi connectivity index (χ2n) is 6.33. The molecule has 1 aromatic carbocycles. The second-order valence-corrected chi connectivity index (χ2v) is 7.24. The molecule has 25 heavy (non-hydrogen) atoms. The minimum absolute atomic E-state index is 0.106. The van der Waals surface area contributed by atoms with Gasteiger partial charge in [-0.1, -0.05) is 15.9 Å². The zero-order valence-electron chi connectivity index (χ0n) is 14.1. The van der Waals surface area contributed by atoms with Gasteiger partial charge in [0.25, 0.3) is 5.91 Å². The van der Waals surface area contributed by atoms with Crippen LogP contribution in [0, 0.1) is 5.92 Å². The van der Waals surface area contributed by atoms with Crippen LogP contribution in [0.5, 0.6) is 0 Å². The summed E-state index contributed by atoms with van der Waals surface area (Å²) in [7, 11) is 0. The lowest BCUT2D eigenvalue weighted by Gasteiger charge is -2.33. The second kappa shape index (κ2) is 7.66. The lowest BCUT2D eigenvalue weighted by molar-refractivity contribution is -0.149. The molecule has 2 saturated heterocycles. The molecule has 3 rings (SSSR count). The van der Waals surface area contributed by atoms with Crippen molar-refractivity contribution in [3.63, 3.8) is 0 Å². The van der Waals surface area contributed by atoms with Crippen molar-refractivity contribution in [3.05, 3.63) is 28.7 Å². The van der Waals surface area contributed by atoms with Gasteiger partial charge in [-0.25, -0.2) is 4.90 Å². The predicted octanol–water partition coefficient (Wildman–Crippen LogP) is 2.36. The topological polar surface area (TPSA) is 66.9 Å². The molecule has 2 heterocycles. The number of benzene rings is 1. The highest BCUT2D eigenvalue weighted by Gasteiger charge is 2.43. The summed E-state index contributed by atoms with van der Waals surface area (Å²) in [5, 5.41) is 0. The molecule has 0 spiro atoms. The van der Waals surface area contributed by atoms with Crippen molar-refractivity contribution in [3.8, 4) is 0 Å². The molecule has 2 aliphatic heterocycles. The van der Waals surface area contributed by atoms with E-state index in [0.29, 0.717) is 38.2 Å². The van der Waals surface area contributed by atoms with Crippen LogP contribution in [-0.2, 0) is 19.1 Å². The molecule has 6 nitrogen and oxygen atoms in total. The number of piperidine rings is 1. The SMILES string of the molecule is CCOC(=O)C1CCN([C@@H]2CC(=O)N(c3ccc(Br)cc3)C2=O)CC1. The first-order valence-electron chi connectivity index (χ1n) is 8.54. The Hall–Kier alpha value is -1.73. The van der Waals surface area contributed by atoms with Crippen LogP contribution in [0.25, 0.3) is 0 Å². The van der Waals surface area contributed by atoms with E-state index in [1.54, 1.807) is 19.1 Å². The Morgan fingerprint density at radius 2 is 1.84 bits per heavy atom. The minimum atomic E-state index is -0.431. The number of anilines is 1. The Bertz CT molecular complexity index is 668. The van der Waals surface area contributed by atoms with Gasteiger partial charge in [-0.2, -0.15) is 0 Å². The van der Waals surface area contributed by atoms with E-state index in [-0.39, 0.29) is 30.1 Å². The first-order valence-corrected chi connectivity index (χ1v) is 9.33. The molecule has 2 amide bonds. The highest BCUT2D eigenvalue weighted by Crippen LogP contribution is 2.29. The van der Waals surface area contributed by atoms with Crippen molar-refractivity contribution >= 4 is 39.4 Å². The number of hydrogen-bond acceptors (Lipinski definition) is 5. The van der Waals surface area contributed by atoms with Crippen LogP contribution in [0.15, 0.2) is 28.7 Å². The van der Waals surface area contributed by atoms with E-state index in [2.05, 4.69) is 15.9 Å². The van der Waals surface area contributed by atoms with E-state index in [0.717, 1.165) is 4.47 Å². The third-order valence-corrected chi connectivity index (χ3v) is 5.33. The molecule has 134 valence electrons. The number of carbonyl (C=O) groups excluding carboxylic acids is 3. The molecule has 0 radical (unpaired) electrons. The van der Waals surface area contributed by atoms with E-state index in [4.69, 9.17) is 4.74 Å². The number of nitrogens with zero attached hydrogens (tertiary/aromatic N) is 2. The number of rotatable bonds is 4. The number of amides is 2. The van der Waals surface area contributed by atoms with Gasteiger partial charge in [0.2, 0.25) is 5.91 Å². The van der Waals surface area contributed by atoms with Gasteiger partial charge in [-0.05, 0) is 57.1 Å². The molecule has 2 fully saturated rings. The van der Waals surface area contributed by atoms with Crippen LogP contribution < -0.4 is 4.90 Å². The van der Waals surface area contributed by atoms with Gasteiger partial charge < -0.3 is 4.74 Å². The first kappa shape index (κ1) is 18.1. The Morgan fingerprint density at radius 3 is 2.44 bits per heavy atom. The average molecular weight is 409 g/mol. The summed E-state index contributed by atoms with van der Waals surface area (Å²) in [4.78, 5) is 40.3. The van der Waals surface area contributed by atoms with Crippen molar-refractivity contribution < 1.29 is 19.1 Å². The highest BCUT2D eigenvalue weighted by atomic mass is 79.9. The number of hydrogen-bond donors (Lipinski definition) is 0. The van der Waals surface area contributed by atoms with Gasteiger partial charge in [0, 0.05) is 4.47 Å². The normalized spacial score (nSPS) is 22.5. The molecule has 0 bridgehead atoms. The Morgan fingerprint density at radius 1 is 1.20 bits per heavy atom. The van der Waals surface area contributed by atoms with E-state index < -0.39 is 6.04 Å². The number of ether oxygens (including phenoxy) is 1. The van der Waals surface area contributed by atoms with Crippen molar-refractivity contribution in [2.75, 3.05) is 24.6 Å². The molecule has 7 heteroatoms. The Labute approximate surface area is 155 Å². The van der Waals surface area contributed by atoms with Crippen LogP contribution in [0.3, 0.4) is 0 Å². The number of carbonyl (C=O) groups is 3. The summed E-state index contributed by atoms with van der Waals surface area (Å²) < 4.78 is 5.97. The fourth-order valence-corrected chi connectivity index (χ4v) is 3.73. The quantitative estimate of drug-likeness (QED) is 0.564. The van der Waals surface area contributed by atoms with Crippen molar-refractivity contribution in [1.29, 1.82) is 0 Å². The molecular weight excluding hydrogens is 388 g/mol. The highest BCUT2D eigenvalue weighted by molar-refractivity contribution is 9.10. The van der Waals surface area contributed by atoms with Crippen molar-refractivity contribution in [2.45, 2.75) is 32.2 Å². The summed E-state index contributed by atoms with van der Waals surface area (Å²) in [6, 6.07) is 6.71. The Balaban J connectivity index is 1.65. The molecule has 0 aromatic heterocycles. The van der Waals surface area contributed by atoms with E-state index >= 15 is 0 Å². The Kier molecular flexibility index (Phi) is 5.54. The van der Waals surface area contributed by atoms with Crippen molar-refractivity contribution in [2.24, 2.45) is 5.92 Å². The molecule has 2 aliphatic rings. The van der Waals surface area contributed by atoms with Crippen LogP contribution in [0.1, 0.15) is 26.2 Å². The predicted molar refractivity (Wildman–Crippen MR) is 96.0 cm³/mol. The van der Waals surface area contributed by atoms with Crippen molar-refractivity contribution in [1.82, 2.24) is 4.90 Å². The number of esters is 1. The summed E-state index contributed by atoms with van der Waals surface area (Å²) >= 11 is 3.35. The van der Waals surface area contributed by atoms with E-state index in [1.165, 1.54) is 4.90 Å². The van der Waals surface area contributed by atoms with Gasteiger partial charge in [0.05, 0.1) is 30.7 Å². The molecule has 0 saturated carbocycles. The molecular formula is C18H21BrN2O4. The van der Waals surface area contributed by atoms with Crippen LogP contribution in [-0.4, -0.2) is 48.4 Å². The van der Waals surface area contributed by atoms with Gasteiger partial charge in [-0.3, -0.25) is 19.3 Å². The first-order chi connectivity index (χ1) is 12.0. The fraction of sp³-hybridized carbons (Fsp3) is 0.500. The maximum atomic E-state index is 12.8. The van der Waals surface area contributed by atoms with Gasteiger partial charge in [-0.15, -0.1) is 0 Å². The lowest BCUT2D eigenvalue weighted by atomic mass is 9.95. The average Bonchev–Trinajstić information content (AvgIpc) is 2.91. The molecule has 0 unspecified atom stereocenters. The van der Waals surface area contributed by atoms with E-state index in [9.17, 15) is 14.4 Å². The summed E-state index contributed by atoms with van der Waals surface area (Å²) in [5.41, 5.74) is 0.599. The minimum Gasteiger partial charge on any atom is -0.466 e. The molecule has 1 aromatic rings. The fourth-order valence-electron chi connectivity index (χ4n) is 3.47. The zero-order valence-corrected chi connectivity index (χ0v) is 15.7. The molecule has 0 N–H and O–H groups in total. The number of likely N-dealkylation sites (tertiary alicyclic amines) is 1.